The van der Waals surface area contributed by atoms with Gasteiger partial charge in [0.15, 0.2) is 6.61 Å². The molecule has 174 valence electrons. The number of pyridine rings is 1. The largest absolute Gasteiger partial charge is 0.497 e. The number of ether oxygens (including phenoxy) is 3. The number of benzene rings is 3. The van der Waals surface area contributed by atoms with E-state index in [9.17, 15) is 13.2 Å². The van der Waals surface area contributed by atoms with E-state index in [0.29, 0.717) is 33.8 Å². The molecule has 1 N–H and O–H groups in total. The van der Waals surface area contributed by atoms with E-state index >= 15 is 0 Å². The average molecular weight is 479 g/mol. The second kappa shape index (κ2) is 9.80. The molecule has 0 aliphatic carbocycles. The summed E-state index contributed by atoms with van der Waals surface area (Å²) in [5, 5.41) is 0.537. The molecule has 0 fully saturated rings. The molecular formula is C25H22N2O6S. The van der Waals surface area contributed by atoms with Gasteiger partial charge in [-0.1, -0.05) is 36.4 Å². The summed E-state index contributed by atoms with van der Waals surface area (Å²) in [4.78, 5) is 16.4. The van der Waals surface area contributed by atoms with Crippen LogP contribution in [-0.2, 0) is 19.6 Å². The summed E-state index contributed by atoms with van der Waals surface area (Å²) in [6, 6.07) is 22.3. The number of hydrogen-bond donors (Lipinski definition) is 1. The summed E-state index contributed by atoms with van der Waals surface area (Å²) < 4.78 is 43.9. The number of nitrogens with zero attached hydrogens (tertiary/aromatic N) is 1. The number of methoxy groups -OCH3 is 2. The predicted octanol–water partition coefficient (Wildman–Crippen LogP) is 4.26. The van der Waals surface area contributed by atoms with Crippen LogP contribution in [0.3, 0.4) is 0 Å². The van der Waals surface area contributed by atoms with Crippen molar-refractivity contribution in [1.82, 2.24) is 4.98 Å². The van der Waals surface area contributed by atoms with Gasteiger partial charge in [-0.25, -0.2) is 18.2 Å². The molecule has 3 aromatic carbocycles. The molecule has 1 heterocycles. The molecule has 0 aliphatic heterocycles. The molecule has 8 nitrogen and oxygen atoms in total. The maximum absolute atomic E-state index is 12.9. The number of fused-ring (bicyclic) bond motifs is 1. The average Bonchev–Trinajstić information content (AvgIpc) is 2.87. The molecule has 0 bridgehead atoms. The molecule has 34 heavy (non-hydrogen) atoms. The van der Waals surface area contributed by atoms with Gasteiger partial charge in [0, 0.05) is 28.8 Å². The Balaban J connectivity index is 1.74. The summed E-state index contributed by atoms with van der Waals surface area (Å²) in [5.41, 5.74) is 2.41. The van der Waals surface area contributed by atoms with Gasteiger partial charge in [-0.15, -0.1) is 0 Å². The second-order valence-electron chi connectivity index (χ2n) is 7.25. The van der Waals surface area contributed by atoms with Gasteiger partial charge >= 0.3 is 5.97 Å². The highest BCUT2D eigenvalue weighted by atomic mass is 32.2. The van der Waals surface area contributed by atoms with Crippen LogP contribution in [-0.4, -0.2) is 40.2 Å². The Morgan fingerprint density at radius 1 is 0.941 bits per heavy atom. The van der Waals surface area contributed by atoms with Crippen LogP contribution in [0.25, 0.3) is 22.2 Å². The van der Waals surface area contributed by atoms with Gasteiger partial charge in [-0.3, -0.25) is 4.72 Å². The number of carbonyl (C=O) groups excluding carboxylic acids is 1. The van der Waals surface area contributed by atoms with Gasteiger partial charge in [-0.2, -0.15) is 0 Å². The maximum atomic E-state index is 12.9. The summed E-state index contributed by atoms with van der Waals surface area (Å²) in [6.45, 7) is -0.302. The van der Waals surface area contributed by atoms with E-state index in [0.717, 1.165) is 5.56 Å². The fraction of sp³-hybridized carbons (Fsp3) is 0.120. The lowest BCUT2D eigenvalue weighted by atomic mass is 10.1. The number of rotatable bonds is 8. The molecule has 9 heteroatoms. The molecule has 0 atom stereocenters. The molecule has 0 unspecified atom stereocenters. The van der Waals surface area contributed by atoms with E-state index in [4.69, 9.17) is 9.47 Å². The zero-order valence-electron chi connectivity index (χ0n) is 18.5. The minimum absolute atomic E-state index is 0.0617. The lowest BCUT2D eigenvalue weighted by Crippen LogP contribution is -2.14. The smallest absolute Gasteiger partial charge is 0.343 e. The Morgan fingerprint density at radius 2 is 1.74 bits per heavy atom. The molecule has 4 aromatic rings. The number of sulfonamides is 1. The Hall–Kier alpha value is -4.11. The number of aromatic nitrogens is 1. The second-order valence-corrected chi connectivity index (χ2v) is 8.94. The van der Waals surface area contributed by atoms with Gasteiger partial charge in [-0.05, 0) is 30.3 Å². The summed E-state index contributed by atoms with van der Waals surface area (Å²) in [5.74, 6) is 0.260. The quantitative estimate of drug-likeness (QED) is 0.377. The van der Waals surface area contributed by atoms with Crippen LogP contribution in [0.5, 0.6) is 11.5 Å². The SMILES string of the molecule is COC(=O)COc1cc(-c2ccccc2)nc2ccc(NS(=O)(=O)c3cccc(OC)c3)cc12. The van der Waals surface area contributed by atoms with Crippen LogP contribution >= 0.6 is 0 Å². The van der Waals surface area contributed by atoms with E-state index in [2.05, 4.69) is 14.4 Å². The van der Waals surface area contributed by atoms with Crippen LogP contribution in [0.15, 0.2) is 83.8 Å². The Morgan fingerprint density at radius 3 is 2.47 bits per heavy atom. The van der Waals surface area contributed by atoms with Crippen molar-refractivity contribution in [3.8, 4) is 22.8 Å². The highest BCUT2D eigenvalue weighted by Crippen LogP contribution is 2.32. The number of carbonyl (C=O) groups is 1. The van der Waals surface area contributed by atoms with Crippen molar-refractivity contribution < 1.29 is 27.4 Å². The third-order valence-corrected chi connectivity index (χ3v) is 6.40. The van der Waals surface area contributed by atoms with Crippen molar-refractivity contribution in [2.24, 2.45) is 0 Å². The molecule has 1 aromatic heterocycles. The van der Waals surface area contributed by atoms with E-state index in [1.54, 1.807) is 36.4 Å². The van der Waals surface area contributed by atoms with Crippen molar-refractivity contribution in [3.63, 3.8) is 0 Å². The first-order chi connectivity index (χ1) is 16.4. The number of hydrogen-bond acceptors (Lipinski definition) is 7. The number of anilines is 1. The summed E-state index contributed by atoms with van der Waals surface area (Å²) in [6.07, 6.45) is 0. The Bertz CT molecular complexity index is 1440. The zero-order chi connectivity index (χ0) is 24.1. The van der Waals surface area contributed by atoms with Crippen LogP contribution in [0.4, 0.5) is 5.69 Å². The summed E-state index contributed by atoms with van der Waals surface area (Å²) in [7, 11) is -1.13. The van der Waals surface area contributed by atoms with E-state index < -0.39 is 16.0 Å². The lowest BCUT2D eigenvalue weighted by molar-refractivity contribution is -0.142. The van der Waals surface area contributed by atoms with Crippen molar-refractivity contribution in [2.45, 2.75) is 4.90 Å². The molecule has 0 saturated carbocycles. The minimum atomic E-state index is -3.87. The van der Waals surface area contributed by atoms with Gasteiger partial charge in [0.2, 0.25) is 0 Å². The number of esters is 1. The van der Waals surface area contributed by atoms with Gasteiger partial charge in [0.25, 0.3) is 10.0 Å². The van der Waals surface area contributed by atoms with Crippen LogP contribution in [0.2, 0.25) is 0 Å². The molecule has 0 radical (unpaired) electrons. The molecule has 4 rings (SSSR count). The zero-order valence-corrected chi connectivity index (χ0v) is 19.3. The Kier molecular flexibility index (Phi) is 6.65. The summed E-state index contributed by atoms with van der Waals surface area (Å²) >= 11 is 0. The molecule has 0 amide bonds. The van der Waals surface area contributed by atoms with E-state index in [-0.39, 0.29) is 11.5 Å². The highest BCUT2D eigenvalue weighted by Gasteiger charge is 2.17. The fourth-order valence-electron chi connectivity index (χ4n) is 3.31. The number of nitrogens with one attached hydrogen (secondary N) is 1. The van der Waals surface area contributed by atoms with Crippen molar-refractivity contribution in [1.29, 1.82) is 0 Å². The van der Waals surface area contributed by atoms with Crippen LogP contribution in [0, 0.1) is 0 Å². The third-order valence-electron chi connectivity index (χ3n) is 5.02. The highest BCUT2D eigenvalue weighted by molar-refractivity contribution is 7.92. The minimum Gasteiger partial charge on any atom is -0.497 e. The van der Waals surface area contributed by atoms with Crippen molar-refractivity contribution in [2.75, 3.05) is 25.5 Å². The Labute approximate surface area is 197 Å². The van der Waals surface area contributed by atoms with E-state index in [1.807, 2.05) is 30.3 Å². The van der Waals surface area contributed by atoms with E-state index in [1.165, 1.54) is 26.4 Å². The first-order valence-corrected chi connectivity index (χ1v) is 11.7. The van der Waals surface area contributed by atoms with Crippen LogP contribution in [0.1, 0.15) is 0 Å². The normalized spacial score (nSPS) is 11.1. The molecular weight excluding hydrogens is 456 g/mol. The molecule has 0 aliphatic rings. The fourth-order valence-corrected chi connectivity index (χ4v) is 4.40. The molecule has 0 saturated heterocycles. The maximum Gasteiger partial charge on any atom is 0.343 e. The van der Waals surface area contributed by atoms with Gasteiger partial charge in [0.05, 0.1) is 30.3 Å². The van der Waals surface area contributed by atoms with Gasteiger partial charge < -0.3 is 14.2 Å². The molecule has 0 spiro atoms. The predicted molar refractivity (Wildman–Crippen MR) is 128 cm³/mol. The van der Waals surface area contributed by atoms with Gasteiger partial charge in [0.1, 0.15) is 11.5 Å². The van der Waals surface area contributed by atoms with Crippen LogP contribution < -0.4 is 14.2 Å². The first kappa shape index (κ1) is 23.1. The third kappa shape index (κ3) is 5.10. The monoisotopic (exact) mass is 478 g/mol. The van der Waals surface area contributed by atoms with Crippen molar-refractivity contribution >= 4 is 32.6 Å². The first-order valence-electron chi connectivity index (χ1n) is 10.3. The van der Waals surface area contributed by atoms with Crippen molar-refractivity contribution in [3.05, 3.63) is 78.9 Å². The lowest BCUT2D eigenvalue weighted by Gasteiger charge is -2.13. The standard InChI is InChI=1S/C25H22N2O6S/c1-31-19-9-6-10-20(14-19)34(29,30)27-18-11-12-22-21(13-18)24(33-16-25(28)32-2)15-23(26-22)17-7-4-3-5-8-17/h3-15,27H,16H2,1-2H3. The topological polar surface area (TPSA) is 104 Å².